The molecule has 0 spiro atoms. The Labute approximate surface area is 66.7 Å². The Morgan fingerprint density at radius 3 is 3.45 bits per heavy atom. The van der Waals surface area contributed by atoms with E-state index in [1.807, 2.05) is 12.4 Å². The summed E-state index contributed by atoms with van der Waals surface area (Å²) in [5.74, 6) is 0.702. The molecule has 1 aliphatic rings. The molecule has 0 aromatic carbocycles. The molecule has 1 atom stereocenters. The summed E-state index contributed by atoms with van der Waals surface area (Å²) in [5, 5.41) is 3.34. The Morgan fingerprint density at radius 2 is 2.64 bits per heavy atom. The van der Waals surface area contributed by atoms with E-state index in [1.54, 1.807) is 0 Å². The average Bonchev–Trinajstić information content (AvgIpc) is 2.47. The summed E-state index contributed by atoms with van der Waals surface area (Å²) in [6.45, 7) is 3.30. The molecule has 0 saturated heterocycles. The Kier molecular flexibility index (Phi) is 1.53. The maximum absolute atomic E-state index is 4.06. The van der Waals surface area contributed by atoms with E-state index < -0.39 is 0 Å². The molecule has 1 aromatic rings. The molecule has 0 saturated carbocycles. The van der Waals surface area contributed by atoms with Crippen LogP contribution >= 0.6 is 0 Å². The van der Waals surface area contributed by atoms with Crippen molar-refractivity contribution in [2.24, 2.45) is 0 Å². The van der Waals surface area contributed by atoms with Gasteiger partial charge in [-0.3, -0.25) is 4.98 Å². The molecule has 0 bridgehead atoms. The molecule has 58 valence electrons. The van der Waals surface area contributed by atoms with Crippen molar-refractivity contribution in [2.75, 3.05) is 11.9 Å². The zero-order valence-electron chi connectivity index (χ0n) is 6.67. The van der Waals surface area contributed by atoms with Gasteiger partial charge >= 0.3 is 0 Å². The molecular weight excluding hydrogens is 136 g/mol. The Bertz CT molecular complexity index is 257. The van der Waals surface area contributed by atoms with Crippen LogP contribution in [0.1, 0.15) is 24.8 Å². The van der Waals surface area contributed by atoms with E-state index in [9.17, 15) is 0 Å². The molecule has 2 nitrogen and oxygen atoms in total. The minimum atomic E-state index is 0.702. The largest absolute Gasteiger partial charge is 0.383 e. The minimum Gasteiger partial charge on any atom is -0.383 e. The molecule has 0 fully saturated rings. The van der Waals surface area contributed by atoms with E-state index in [4.69, 9.17) is 0 Å². The van der Waals surface area contributed by atoms with Crippen molar-refractivity contribution in [3.05, 3.63) is 24.0 Å². The van der Waals surface area contributed by atoms with Crippen LogP contribution in [0.2, 0.25) is 0 Å². The number of anilines is 1. The highest BCUT2D eigenvalue weighted by molar-refractivity contribution is 5.55. The first-order valence-corrected chi connectivity index (χ1v) is 4.09. The monoisotopic (exact) mass is 148 g/mol. The summed E-state index contributed by atoms with van der Waals surface area (Å²) in [5.41, 5.74) is 2.65. The number of nitrogens with zero attached hydrogens (tertiary/aromatic N) is 1. The third-order valence-corrected chi connectivity index (χ3v) is 2.33. The highest BCUT2D eigenvalue weighted by Gasteiger charge is 2.19. The summed E-state index contributed by atoms with van der Waals surface area (Å²) in [6.07, 6.45) is 4.99. The number of nitrogens with one attached hydrogen (secondary N) is 1. The van der Waals surface area contributed by atoms with Crippen molar-refractivity contribution in [3.63, 3.8) is 0 Å². The quantitative estimate of drug-likeness (QED) is 0.659. The predicted octanol–water partition coefficient (Wildman–Crippen LogP) is 2.00. The van der Waals surface area contributed by atoms with Crippen LogP contribution in [0.4, 0.5) is 5.69 Å². The van der Waals surface area contributed by atoms with Crippen LogP contribution in [0, 0.1) is 0 Å². The number of aromatic nitrogens is 1. The first-order chi connectivity index (χ1) is 5.42. The Balaban J connectivity index is 2.39. The van der Waals surface area contributed by atoms with Crippen molar-refractivity contribution in [1.82, 2.24) is 4.98 Å². The van der Waals surface area contributed by atoms with Crippen LogP contribution in [0.5, 0.6) is 0 Å². The molecular formula is C9H12N2. The Hall–Kier alpha value is -1.05. The minimum absolute atomic E-state index is 0.702. The number of fused-ring (bicyclic) bond motifs is 1. The summed E-state index contributed by atoms with van der Waals surface area (Å²) in [4.78, 5) is 4.06. The van der Waals surface area contributed by atoms with Gasteiger partial charge in [0.15, 0.2) is 0 Å². The SMILES string of the molecule is CCC1CNc2cnccc21. The number of pyridine rings is 1. The van der Waals surface area contributed by atoms with Gasteiger partial charge in [0.05, 0.1) is 11.9 Å². The van der Waals surface area contributed by atoms with Crippen LogP contribution in [-0.2, 0) is 0 Å². The van der Waals surface area contributed by atoms with Gasteiger partial charge in [-0.2, -0.15) is 0 Å². The van der Waals surface area contributed by atoms with Gasteiger partial charge in [0.2, 0.25) is 0 Å². The molecule has 1 aromatic heterocycles. The normalized spacial score (nSPS) is 21.0. The second-order valence-corrected chi connectivity index (χ2v) is 2.95. The van der Waals surface area contributed by atoms with Crippen molar-refractivity contribution in [3.8, 4) is 0 Å². The molecule has 0 aliphatic carbocycles. The second-order valence-electron chi connectivity index (χ2n) is 2.95. The lowest BCUT2D eigenvalue weighted by atomic mass is 10.0. The third-order valence-electron chi connectivity index (χ3n) is 2.33. The Morgan fingerprint density at radius 1 is 1.73 bits per heavy atom. The molecule has 1 aliphatic heterocycles. The standard InChI is InChI=1S/C9H12N2/c1-2-7-5-11-9-6-10-4-3-8(7)9/h3-4,6-7,11H,2,5H2,1H3. The maximum Gasteiger partial charge on any atom is 0.0562 e. The van der Waals surface area contributed by atoms with E-state index in [0.29, 0.717) is 5.92 Å². The summed E-state index contributed by atoms with van der Waals surface area (Å²) >= 11 is 0. The molecule has 1 unspecified atom stereocenters. The van der Waals surface area contributed by atoms with E-state index in [-0.39, 0.29) is 0 Å². The number of hydrogen-bond donors (Lipinski definition) is 1. The first kappa shape index (κ1) is 6.65. The van der Waals surface area contributed by atoms with Crippen LogP contribution < -0.4 is 5.32 Å². The first-order valence-electron chi connectivity index (χ1n) is 4.09. The van der Waals surface area contributed by atoms with E-state index in [2.05, 4.69) is 23.3 Å². The highest BCUT2D eigenvalue weighted by atomic mass is 14.9. The lowest BCUT2D eigenvalue weighted by Gasteiger charge is -2.03. The van der Waals surface area contributed by atoms with Crippen molar-refractivity contribution < 1.29 is 0 Å². The fourth-order valence-electron chi connectivity index (χ4n) is 1.62. The number of hydrogen-bond acceptors (Lipinski definition) is 2. The molecule has 1 N–H and O–H groups in total. The zero-order valence-corrected chi connectivity index (χ0v) is 6.67. The van der Waals surface area contributed by atoms with Gasteiger partial charge in [-0.15, -0.1) is 0 Å². The van der Waals surface area contributed by atoms with Gasteiger partial charge in [0.1, 0.15) is 0 Å². The fourth-order valence-corrected chi connectivity index (χ4v) is 1.62. The summed E-state index contributed by atoms with van der Waals surface area (Å²) in [6, 6.07) is 2.11. The van der Waals surface area contributed by atoms with E-state index in [1.165, 1.54) is 17.7 Å². The van der Waals surface area contributed by atoms with Crippen LogP contribution in [0.3, 0.4) is 0 Å². The summed E-state index contributed by atoms with van der Waals surface area (Å²) < 4.78 is 0. The molecule has 2 rings (SSSR count). The third kappa shape index (κ3) is 0.985. The zero-order chi connectivity index (χ0) is 7.68. The number of rotatable bonds is 1. The smallest absolute Gasteiger partial charge is 0.0562 e. The van der Waals surface area contributed by atoms with Crippen LogP contribution in [-0.4, -0.2) is 11.5 Å². The van der Waals surface area contributed by atoms with E-state index >= 15 is 0 Å². The highest BCUT2D eigenvalue weighted by Crippen LogP contribution is 2.31. The molecule has 2 heterocycles. The molecule has 0 amide bonds. The van der Waals surface area contributed by atoms with Crippen molar-refractivity contribution in [1.29, 1.82) is 0 Å². The van der Waals surface area contributed by atoms with Crippen LogP contribution in [0.15, 0.2) is 18.5 Å². The summed E-state index contributed by atoms with van der Waals surface area (Å²) in [7, 11) is 0. The average molecular weight is 148 g/mol. The molecule has 11 heavy (non-hydrogen) atoms. The fraction of sp³-hybridized carbons (Fsp3) is 0.444. The molecule has 0 radical (unpaired) electrons. The van der Waals surface area contributed by atoms with Gasteiger partial charge in [-0.1, -0.05) is 6.92 Å². The predicted molar refractivity (Wildman–Crippen MR) is 45.8 cm³/mol. The van der Waals surface area contributed by atoms with Gasteiger partial charge in [-0.05, 0) is 18.1 Å². The van der Waals surface area contributed by atoms with Crippen molar-refractivity contribution in [2.45, 2.75) is 19.3 Å². The van der Waals surface area contributed by atoms with Gasteiger partial charge in [0.25, 0.3) is 0 Å². The lowest BCUT2D eigenvalue weighted by Crippen LogP contribution is -1.99. The van der Waals surface area contributed by atoms with E-state index in [0.717, 1.165) is 6.54 Å². The maximum atomic E-state index is 4.06. The van der Waals surface area contributed by atoms with Crippen molar-refractivity contribution >= 4 is 5.69 Å². The second kappa shape index (κ2) is 2.53. The molecule has 2 heteroatoms. The van der Waals surface area contributed by atoms with Gasteiger partial charge < -0.3 is 5.32 Å². The lowest BCUT2D eigenvalue weighted by molar-refractivity contribution is 0.727. The topological polar surface area (TPSA) is 24.9 Å². The van der Waals surface area contributed by atoms with Crippen LogP contribution in [0.25, 0.3) is 0 Å². The van der Waals surface area contributed by atoms with Gasteiger partial charge in [-0.25, -0.2) is 0 Å². The van der Waals surface area contributed by atoms with Gasteiger partial charge in [0, 0.05) is 18.7 Å².